The lowest BCUT2D eigenvalue weighted by molar-refractivity contribution is 0.102. The number of hydrogen-bond donors (Lipinski definition) is 1. The molecular weight excluding hydrogens is 324 g/mol. The number of nitrogens with one attached hydrogen (secondary N) is 1. The predicted molar refractivity (Wildman–Crippen MR) is 98.7 cm³/mol. The fourth-order valence-corrected chi connectivity index (χ4v) is 3.86. The van der Waals surface area contributed by atoms with E-state index in [0.717, 1.165) is 28.8 Å². The Morgan fingerprint density at radius 2 is 1.87 bits per heavy atom. The molecule has 0 aliphatic heterocycles. The van der Waals surface area contributed by atoms with E-state index in [9.17, 15) is 4.79 Å². The molecule has 0 spiro atoms. The minimum absolute atomic E-state index is 0.0888. The van der Waals surface area contributed by atoms with Gasteiger partial charge in [-0.25, -0.2) is 4.98 Å². The highest BCUT2D eigenvalue weighted by molar-refractivity contribution is 7.14. The first-order valence-corrected chi connectivity index (χ1v) is 9.25. The molecule has 1 aromatic carbocycles. The van der Waals surface area contributed by atoms with Gasteiger partial charge in [-0.15, -0.1) is 22.7 Å². The number of carbonyl (C=O) groups is 1. The van der Waals surface area contributed by atoms with Gasteiger partial charge < -0.3 is 0 Å². The molecule has 3 aromatic rings. The number of carbonyl (C=O) groups excluding carboxylic acids is 1. The van der Waals surface area contributed by atoms with Crippen molar-refractivity contribution in [1.82, 2.24) is 4.98 Å². The summed E-state index contributed by atoms with van der Waals surface area (Å²) in [7, 11) is 0. The second kappa shape index (κ2) is 6.64. The minimum atomic E-state index is -0.0888. The number of thiophene rings is 1. The van der Waals surface area contributed by atoms with Crippen LogP contribution in [0.5, 0.6) is 0 Å². The first-order valence-electron chi connectivity index (χ1n) is 7.49. The van der Waals surface area contributed by atoms with Crippen LogP contribution < -0.4 is 5.32 Å². The van der Waals surface area contributed by atoms with E-state index in [1.807, 2.05) is 24.6 Å². The first kappa shape index (κ1) is 15.9. The summed E-state index contributed by atoms with van der Waals surface area (Å²) in [6.07, 6.45) is 1.03. The van der Waals surface area contributed by atoms with Crippen molar-refractivity contribution in [3.63, 3.8) is 0 Å². The Bertz CT molecular complexity index is 831. The fraction of sp³-hybridized carbons (Fsp3) is 0.222. The first-order chi connectivity index (χ1) is 11.1. The van der Waals surface area contributed by atoms with E-state index in [2.05, 4.69) is 41.5 Å². The molecule has 1 amide bonds. The van der Waals surface area contributed by atoms with E-state index in [-0.39, 0.29) is 5.91 Å². The molecular formula is C18H18N2OS2. The number of nitrogens with zero attached hydrogens (tertiary/aromatic N) is 1. The van der Waals surface area contributed by atoms with Gasteiger partial charge in [-0.05, 0) is 31.4 Å². The van der Waals surface area contributed by atoms with Crippen LogP contribution in [0.2, 0.25) is 0 Å². The number of benzene rings is 1. The van der Waals surface area contributed by atoms with Gasteiger partial charge in [-0.2, -0.15) is 0 Å². The van der Waals surface area contributed by atoms with E-state index in [1.54, 1.807) is 11.3 Å². The summed E-state index contributed by atoms with van der Waals surface area (Å²) >= 11 is 3.05. The zero-order chi connectivity index (χ0) is 16.4. The SMILES string of the molecule is CCc1ccc(-c2csc(NC(=O)c3csc(C)c3C)n2)cc1. The van der Waals surface area contributed by atoms with Crippen molar-refractivity contribution >= 4 is 33.7 Å². The Labute approximate surface area is 144 Å². The Morgan fingerprint density at radius 3 is 2.48 bits per heavy atom. The average molecular weight is 342 g/mol. The molecule has 0 saturated carbocycles. The van der Waals surface area contributed by atoms with E-state index >= 15 is 0 Å². The second-order valence-electron chi connectivity index (χ2n) is 5.37. The zero-order valence-corrected chi connectivity index (χ0v) is 15.0. The van der Waals surface area contributed by atoms with E-state index in [4.69, 9.17) is 0 Å². The lowest BCUT2D eigenvalue weighted by Gasteiger charge is -2.01. The van der Waals surface area contributed by atoms with Crippen LogP contribution in [0.25, 0.3) is 11.3 Å². The quantitative estimate of drug-likeness (QED) is 0.699. The van der Waals surface area contributed by atoms with Gasteiger partial charge in [0.2, 0.25) is 0 Å². The van der Waals surface area contributed by atoms with Crippen LogP contribution in [0.3, 0.4) is 0 Å². The van der Waals surface area contributed by atoms with Crippen molar-refractivity contribution < 1.29 is 4.79 Å². The monoisotopic (exact) mass is 342 g/mol. The fourth-order valence-electron chi connectivity index (χ4n) is 2.28. The van der Waals surface area contributed by atoms with Crippen molar-refractivity contribution in [3.8, 4) is 11.3 Å². The molecule has 23 heavy (non-hydrogen) atoms. The molecule has 2 aromatic heterocycles. The summed E-state index contributed by atoms with van der Waals surface area (Å²) in [6, 6.07) is 8.38. The topological polar surface area (TPSA) is 42.0 Å². The lowest BCUT2D eigenvalue weighted by Crippen LogP contribution is -2.12. The Morgan fingerprint density at radius 1 is 1.13 bits per heavy atom. The maximum absolute atomic E-state index is 12.3. The van der Waals surface area contributed by atoms with Crippen LogP contribution >= 0.6 is 22.7 Å². The molecule has 0 aliphatic rings. The molecule has 118 valence electrons. The predicted octanol–water partition coefficient (Wildman–Crippen LogP) is 5.30. The van der Waals surface area contributed by atoms with E-state index < -0.39 is 0 Å². The third-order valence-corrected chi connectivity index (χ3v) is 5.68. The molecule has 0 atom stereocenters. The van der Waals surface area contributed by atoms with Crippen LogP contribution in [0.1, 0.15) is 33.3 Å². The number of anilines is 1. The van der Waals surface area contributed by atoms with Crippen molar-refractivity contribution in [3.05, 3.63) is 56.6 Å². The number of rotatable bonds is 4. The van der Waals surface area contributed by atoms with Gasteiger partial charge in [0.15, 0.2) is 5.13 Å². The van der Waals surface area contributed by atoms with Gasteiger partial charge in [0, 0.05) is 21.2 Å². The average Bonchev–Trinajstić information content (AvgIpc) is 3.15. The van der Waals surface area contributed by atoms with Crippen LogP contribution in [-0.4, -0.2) is 10.9 Å². The maximum Gasteiger partial charge on any atom is 0.258 e. The smallest absolute Gasteiger partial charge is 0.258 e. The van der Waals surface area contributed by atoms with Gasteiger partial charge in [-0.1, -0.05) is 31.2 Å². The summed E-state index contributed by atoms with van der Waals surface area (Å²) in [5.74, 6) is -0.0888. The highest BCUT2D eigenvalue weighted by Gasteiger charge is 2.14. The van der Waals surface area contributed by atoms with Gasteiger partial charge in [0.05, 0.1) is 11.3 Å². The summed E-state index contributed by atoms with van der Waals surface area (Å²) < 4.78 is 0. The Kier molecular flexibility index (Phi) is 4.59. The van der Waals surface area contributed by atoms with Crippen molar-refractivity contribution in [2.75, 3.05) is 5.32 Å². The second-order valence-corrected chi connectivity index (χ2v) is 7.31. The Hall–Kier alpha value is -1.98. The molecule has 0 fully saturated rings. The summed E-state index contributed by atoms with van der Waals surface area (Å²) in [5, 5.41) is 7.41. The van der Waals surface area contributed by atoms with Crippen molar-refractivity contribution in [2.45, 2.75) is 27.2 Å². The summed E-state index contributed by atoms with van der Waals surface area (Å²) in [5.41, 5.74) is 5.05. The van der Waals surface area contributed by atoms with Crippen LogP contribution in [0.15, 0.2) is 35.0 Å². The van der Waals surface area contributed by atoms with Crippen LogP contribution in [-0.2, 0) is 6.42 Å². The van der Waals surface area contributed by atoms with Gasteiger partial charge in [0.25, 0.3) is 5.91 Å². The summed E-state index contributed by atoms with van der Waals surface area (Å²) in [4.78, 5) is 18.0. The number of amides is 1. The normalized spacial score (nSPS) is 10.7. The zero-order valence-electron chi connectivity index (χ0n) is 13.3. The molecule has 0 aliphatic carbocycles. The molecule has 3 rings (SSSR count). The number of hydrogen-bond acceptors (Lipinski definition) is 4. The third kappa shape index (κ3) is 3.35. The third-order valence-electron chi connectivity index (χ3n) is 3.91. The molecule has 0 unspecified atom stereocenters. The summed E-state index contributed by atoms with van der Waals surface area (Å²) in [6.45, 7) is 6.14. The molecule has 1 N–H and O–H groups in total. The number of aromatic nitrogens is 1. The highest BCUT2D eigenvalue weighted by atomic mass is 32.1. The Balaban J connectivity index is 1.76. The molecule has 0 saturated heterocycles. The van der Waals surface area contributed by atoms with Gasteiger partial charge in [0.1, 0.15) is 0 Å². The van der Waals surface area contributed by atoms with Gasteiger partial charge >= 0.3 is 0 Å². The molecule has 5 heteroatoms. The maximum atomic E-state index is 12.3. The molecule has 0 bridgehead atoms. The van der Waals surface area contributed by atoms with Crippen LogP contribution in [0, 0.1) is 13.8 Å². The standard InChI is InChI=1S/C18H18N2OS2/c1-4-13-5-7-14(8-6-13)16-10-23-18(19-16)20-17(21)15-9-22-12(3)11(15)2/h5-10H,4H2,1-3H3,(H,19,20,21). The highest BCUT2D eigenvalue weighted by Crippen LogP contribution is 2.27. The number of aryl methyl sites for hydroxylation is 2. The lowest BCUT2D eigenvalue weighted by atomic mass is 10.1. The molecule has 2 heterocycles. The van der Waals surface area contributed by atoms with E-state index in [1.165, 1.54) is 21.8 Å². The number of thiazole rings is 1. The van der Waals surface area contributed by atoms with Crippen LogP contribution in [0.4, 0.5) is 5.13 Å². The van der Waals surface area contributed by atoms with E-state index in [0.29, 0.717) is 5.13 Å². The largest absolute Gasteiger partial charge is 0.298 e. The van der Waals surface area contributed by atoms with Gasteiger partial charge in [-0.3, -0.25) is 10.1 Å². The van der Waals surface area contributed by atoms with Crippen molar-refractivity contribution in [1.29, 1.82) is 0 Å². The molecule has 0 radical (unpaired) electrons. The minimum Gasteiger partial charge on any atom is -0.298 e. The van der Waals surface area contributed by atoms with Crippen molar-refractivity contribution in [2.24, 2.45) is 0 Å². The molecule has 3 nitrogen and oxygen atoms in total.